The second kappa shape index (κ2) is 14.7. The summed E-state index contributed by atoms with van der Waals surface area (Å²) in [7, 11) is 0. The number of unbranched alkanes of at least 4 members (excludes halogenated alkanes) is 7. The van der Waals surface area contributed by atoms with Crippen molar-refractivity contribution in [2.24, 2.45) is 0 Å². The second-order valence-corrected chi connectivity index (χ2v) is 5.35. The van der Waals surface area contributed by atoms with Crippen LogP contribution in [0.2, 0.25) is 0 Å². The Kier molecular flexibility index (Phi) is 14.5. The van der Waals surface area contributed by atoms with E-state index in [0.717, 1.165) is 18.2 Å². The summed E-state index contributed by atoms with van der Waals surface area (Å²) in [4.78, 5) is 10.5. The van der Waals surface area contributed by atoms with E-state index in [4.69, 9.17) is 4.74 Å². The molecule has 0 atom stereocenters. The van der Waals surface area contributed by atoms with E-state index in [-0.39, 0.29) is 5.97 Å². The molecular formula is C15H27BrO2. The monoisotopic (exact) mass is 318 g/mol. The highest BCUT2D eigenvalue weighted by molar-refractivity contribution is 9.09. The van der Waals surface area contributed by atoms with E-state index in [2.05, 4.69) is 28.1 Å². The number of hydrogen-bond donors (Lipinski definition) is 0. The molecule has 0 saturated heterocycles. The van der Waals surface area contributed by atoms with E-state index in [1.807, 2.05) is 0 Å². The number of halogens is 1. The number of carbonyl (C=O) groups is 1. The summed E-state index contributed by atoms with van der Waals surface area (Å²) in [6, 6.07) is 0. The Bertz CT molecular complexity index is 215. The Morgan fingerprint density at radius 2 is 1.50 bits per heavy atom. The van der Waals surface area contributed by atoms with E-state index in [1.54, 1.807) is 0 Å². The molecule has 0 N–H and O–H groups in total. The van der Waals surface area contributed by atoms with Gasteiger partial charge in [-0.25, -0.2) is 0 Å². The van der Waals surface area contributed by atoms with Gasteiger partial charge in [0.15, 0.2) is 0 Å². The van der Waals surface area contributed by atoms with Crippen molar-refractivity contribution in [1.82, 2.24) is 0 Å². The molecule has 0 aliphatic carbocycles. The molecule has 0 aromatic heterocycles. The predicted octanol–water partition coefficient (Wildman–Crippen LogP) is 5.01. The third-order valence-electron chi connectivity index (χ3n) is 2.76. The Labute approximate surface area is 120 Å². The maximum absolute atomic E-state index is 10.5. The fraction of sp³-hybridized carbons (Fsp3) is 0.800. The Balaban J connectivity index is 3.01. The molecule has 0 aromatic carbocycles. The third-order valence-corrected chi connectivity index (χ3v) is 3.22. The molecule has 106 valence electrons. The van der Waals surface area contributed by atoms with Gasteiger partial charge in [-0.15, -0.1) is 0 Å². The van der Waals surface area contributed by atoms with Gasteiger partial charge in [0.25, 0.3) is 0 Å². The van der Waals surface area contributed by atoms with Crippen LogP contribution in [-0.2, 0) is 9.53 Å². The number of ether oxygens (including phenoxy) is 1. The summed E-state index contributed by atoms with van der Waals surface area (Å²) in [5.41, 5.74) is 0. The first-order valence-corrected chi connectivity index (χ1v) is 8.24. The zero-order chi connectivity index (χ0) is 13.5. The van der Waals surface area contributed by atoms with Crippen LogP contribution in [0.25, 0.3) is 0 Å². The van der Waals surface area contributed by atoms with Crippen LogP contribution in [0.3, 0.4) is 0 Å². The fourth-order valence-electron chi connectivity index (χ4n) is 1.76. The summed E-state index contributed by atoms with van der Waals surface area (Å²) in [5, 5.41) is 1.07. The van der Waals surface area contributed by atoms with Crippen molar-refractivity contribution in [2.45, 2.75) is 64.7 Å². The first kappa shape index (κ1) is 17.7. The highest BCUT2D eigenvalue weighted by Crippen LogP contribution is 2.09. The maximum Gasteiger partial charge on any atom is 0.302 e. The van der Waals surface area contributed by atoms with E-state index < -0.39 is 0 Å². The van der Waals surface area contributed by atoms with E-state index in [1.165, 1.54) is 51.9 Å². The van der Waals surface area contributed by atoms with Gasteiger partial charge in [-0.1, -0.05) is 60.2 Å². The standard InChI is InChI=1S/C15H27BrO2/c1-15(17)18-14-12-10-8-6-4-2-3-5-7-9-11-13-16/h7,9H,2-6,8,10-14H2,1H3/b9-7+. The maximum atomic E-state index is 10.5. The van der Waals surface area contributed by atoms with Crippen molar-refractivity contribution in [3.05, 3.63) is 12.2 Å². The molecule has 0 rings (SSSR count). The van der Waals surface area contributed by atoms with Gasteiger partial charge >= 0.3 is 5.97 Å². The third kappa shape index (κ3) is 15.7. The quantitative estimate of drug-likeness (QED) is 0.219. The van der Waals surface area contributed by atoms with Crippen LogP contribution in [0.1, 0.15) is 64.7 Å². The highest BCUT2D eigenvalue weighted by atomic mass is 79.9. The van der Waals surface area contributed by atoms with E-state index >= 15 is 0 Å². The van der Waals surface area contributed by atoms with Crippen molar-refractivity contribution in [3.63, 3.8) is 0 Å². The molecule has 0 spiro atoms. The SMILES string of the molecule is CC(=O)OCCCCCCCCC/C=C/CCBr. The molecule has 0 unspecified atom stereocenters. The molecule has 3 heteroatoms. The minimum Gasteiger partial charge on any atom is -0.466 e. The lowest BCUT2D eigenvalue weighted by molar-refractivity contribution is -0.141. The lowest BCUT2D eigenvalue weighted by Gasteiger charge is -2.02. The summed E-state index contributed by atoms with van der Waals surface area (Å²) in [6.45, 7) is 2.06. The molecule has 0 heterocycles. The lowest BCUT2D eigenvalue weighted by atomic mass is 10.1. The summed E-state index contributed by atoms with van der Waals surface area (Å²) >= 11 is 3.41. The Hall–Kier alpha value is -0.310. The molecule has 2 nitrogen and oxygen atoms in total. The Morgan fingerprint density at radius 1 is 0.944 bits per heavy atom. The van der Waals surface area contributed by atoms with Crippen LogP contribution >= 0.6 is 15.9 Å². The van der Waals surface area contributed by atoms with Crippen molar-refractivity contribution in [3.8, 4) is 0 Å². The number of esters is 1. The van der Waals surface area contributed by atoms with E-state index in [0.29, 0.717) is 6.61 Å². The zero-order valence-corrected chi connectivity index (χ0v) is 13.2. The van der Waals surface area contributed by atoms with Crippen LogP contribution in [-0.4, -0.2) is 17.9 Å². The predicted molar refractivity (Wildman–Crippen MR) is 81.1 cm³/mol. The number of hydrogen-bond acceptors (Lipinski definition) is 2. The molecule has 0 aromatic rings. The molecule has 18 heavy (non-hydrogen) atoms. The van der Waals surface area contributed by atoms with Crippen LogP contribution in [0.5, 0.6) is 0 Å². The second-order valence-electron chi connectivity index (χ2n) is 4.55. The topological polar surface area (TPSA) is 26.3 Å². The zero-order valence-electron chi connectivity index (χ0n) is 11.6. The van der Waals surface area contributed by atoms with Crippen molar-refractivity contribution < 1.29 is 9.53 Å². The van der Waals surface area contributed by atoms with Crippen LogP contribution in [0.4, 0.5) is 0 Å². The average molecular weight is 319 g/mol. The number of carbonyl (C=O) groups excluding carboxylic acids is 1. The smallest absolute Gasteiger partial charge is 0.302 e. The molecule has 0 radical (unpaired) electrons. The van der Waals surface area contributed by atoms with Crippen LogP contribution < -0.4 is 0 Å². The lowest BCUT2D eigenvalue weighted by Crippen LogP contribution is -1.99. The minimum absolute atomic E-state index is 0.164. The molecule has 0 aliphatic heterocycles. The van der Waals surface area contributed by atoms with Gasteiger partial charge in [0.2, 0.25) is 0 Å². The first-order valence-electron chi connectivity index (χ1n) is 7.11. The Morgan fingerprint density at radius 3 is 2.11 bits per heavy atom. The van der Waals surface area contributed by atoms with Crippen LogP contribution in [0.15, 0.2) is 12.2 Å². The van der Waals surface area contributed by atoms with Gasteiger partial charge in [0.05, 0.1) is 6.61 Å². The van der Waals surface area contributed by atoms with Crippen LogP contribution in [0, 0.1) is 0 Å². The molecule has 0 amide bonds. The normalized spacial score (nSPS) is 11.0. The van der Waals surface area contributed by atoms with Gasteiger partial charge in [-0.05, 0) is 25.7 Å². The van der Waals surface area contributed by atoms with Crippen molar-refractivity contribution in [1.29, 1.82) is 0 Å². The number of alkyl halides is 1. The minimum atomic E-state index is -0.164. The van der Waals surface area contributed by atoms with Crippen molar-refractivity contribution in [2.75, 3.05) is 11.9 Å². The van der Waals surface area contributed by atoms with Gasteiger partial charge in [0, 0.05) is 12.3 Å². The van der Waals surface area contributed by atoms with Gasteiger partial charge in [-0.2, -0.15) is 0 Å². The summed E-state index contributed by atoms with van der Waals surface area (Å²) in [5.74, 6) is -0.164. The largest absolute Gasteiger partial charge is 0.466 e. The van der Waals surface area contributed by atoms with Gasteiger partial charge in [0.1, 0.15) is 0 Å². The first-order chi connectivity index (χ1) is 8.77. The molecule has 0 bridgehead atoms. The number of allylic oxidation sites excluding steroid dienone is 2. The van der Waals surface area contributed by atoms with E-state index in [9.17, 15) is 4.79 Å². The molecule has 0 fully saturated rings. The summed E-state index contributed by atoms with van der Waals surface area (Å²) in [6.07, 6.45) is 15.7. The summed E-state index contributed by atoms with van der Waals surface area (Å²) < 4.78 is 4.88. The molecule has 0 saturated carbocycles. The van der Waals surface area contributed by atoms with Crippen molar-refractivity contribution >= 4 is 21.9 Å². The molecular weight excluding hydrogens is 292 g/mol. The van der Waals surface area contributed by atoms with Gasteiger partial charge in [-0.3, -0.25) is 4.79 Å². The fourth-order valence-corrected chi connectivity index (χ4v) is 2.03. The average Bonchev–Trinajstić information content (AvgIpc) is 2.34. The molecule has 0 aliphatic rings. The van der Waals surface area contributed by atoms with Gasteiger partial charge < -0.3 is 4.74 Å². The number of rotatable bonds is 12. The highest BCUT2D eigenvalue weighted by Gasteiger charge is 1.94.